The van der Waals surface area contributed by atoms with E-state index in [1.165, 1.54) is 4.68 Å². The van der Waals surface area contributed by atoms with Crippen LogP contribution in [0, 0.1) is 0 Å². The molecule has 0 radical (unpaired) electrons. The van der Waals surface area contributed by atoms with Gasteiger partial charge in [-0.15, -0.1) is 0 Å². The molecule has 0 saturated heterocycles. The molecule has 1 saturated carbocycles. The first-order valence-electron chi connectivity index (χ1n) is 7.60. The minimum atomic E-state index is -4.44. The molecule has 0 aromatic carbocycles. The summed E-state index contributed by atoms with van der Waals surface area (Å²) >= 11 is 6.42. The van der Waals surface area contributed by atoms with E-state index in [1.54, 1.807) is 0 Å². The molecule has 0 aliphatic heterocycles. The number of hydrogen-bond acceptors (Lipinski definition) is 3. The van der Waals surface area contributed by atoms with Crippen molar-refractivity contribution in [2.24, 2.45) is 0 Å². The second-order valence-electron chi connectivity index (χ2n) is 5.76. The number of aromatic nitrogens is 4. The van der Waals surface area contributed by atoms with E-state index in [9.17, 15) is 18.0 Å². The molecule has 136 valence electrons. The van der Waals surface area contributed by atoms with Gasteiger partial charge in [0.25, 0.3) is 5.91 Å². The predicted molar refractivity (Wildman–Crippen MR) is 90.1 cm³/mol. The molecule has 6 nitrogen and oxygen atoms in total. The van der Waals surface area contributed by atoms with E-state index in [2.05, 4.69) is 52.5 Å². The summed E-state index contributed by atoms with van der Waals surface area (Å²) in [6, 6.07) is 1.13. The lowest BCUT2D eigenvalue weighted by atomic mass is 10.2. The first-order valence-corrected chi connectivity index (χ1v) is 9.18. The van der Waals surface area contributed by atoms with E-state index in [1.807, 2.05) is 0 Å². The molecular formula is C14H14Br2F3N5O. The first kappa shape index (κ1) is 18.4. The fourth-order valence-electron chi connectivity index (χ4n) is 2.43. The minimum absolute atomic E-state index is 0.163. The Morgan fingerprint density at radius 3 is 2.68 bits per heavy atom. The van der Waals surface area contributed by atoms with Gasteiger partial charge in [-0.3, -0.25) is 14.6 Å². The van der Waals surface area contributed by atoms with Crippen LogP contribution in [0.5, 0.6) is 0 Å². The van der Waals surface area contributed by atoms with E-state index >= 15 is 0 Å². The molecule has 25 heavy (non-hydrogen) atoms. The molecule has 1 aliphatic rings. The van der Waals surface area contributed by atoms with Crippen molar-refractivity contribution in [3.63, 3.8) is 0 Å². The Morgan fingerprint density at radius 1 is 1.40 bits per heavy atom. The van der Waals surface area contributed by atoms with Crippen LogP contribution in [-0.2, 0) is 12.7 Å². The van der Waals surface area contributed by atoms with Crippen LogP contribution in [-0.4, -0.2) is 32.4 Å². The number of aryl methyl sites for hydroxylation is 1. The average molecular weight is 485 g/mol. The zero-order chi connectivity index (χ0) is 18.2. The van der Waals surface area contributed by atoms with Crippen LogP contribution in [0.1, 0.15) is 47.1 Å². The highest BCUT2D eigenvalue weighted by molar-refractivity contribution is 9.13. The predicted octanol–water partition coefficient (Wildman–Crippen LogP) is 3.85. The number of halogens is 5. The highest BCUT2D eigenvalue weighted by Gasteiger charge is 2.37. The zero-order valence-electron chi connectivity index (χ0n) is 12.8. The molecule has 11 heteroatoms. The van der Waals surface area contributed by atoms with E-state index in [0.717, 1.165) is 18.9 Å². The maximum Gasteiger partial charge on any atom is 0.435 e. The van der Waals surface area contributed by atoms with Gasteiger partial charge in [-0.2, -0.15) is 23.4 Å². The third-order valence-corrected chi connectivity index (χ3v) is 5.69. The number of amides is 1. The lowest BCUT2D eigenvalue weighted by Crippen LogP contribution is -2.26. The summed E-state index contributed by atoms with van der Waals surface area (Å²) in [7, 11) is 0. The topological polar surface area (TPSA) is 75.6 Å². The van der Waals surface area contributed by atoms with E-state index in [-0.39, 0.29) is 17.5 Å². The van der Waals surface area contributed by atoms with Crippen LogP contribution >= 0.6 is 31.9 Å². The number of H-pyrrole nitrogens is 1. The molecule has 1 aliphatic carbocycles. The summed E-state index contributed by atoms with van der Waals surface area (Å²) < 4.78 is 41.0. The number of rotatable bonds is 6. The monoisotopic (exact) mass is 483 g/mol. The maximum absolute atomic E-state index is 12.8. The van der Waals surface area contributed by atoms with Crippen molar-refractivity contribution in [1.82, 2.24) is 25.3 Å². The van der Waals surface area contributed by atoms with Gasteiger partial charge in [-0.25, -0.2) is 0 Å². The second kappa shape index (κ2) is 7.10. The Balaban J connectivity index is 1.56. The van der Waals surface area contributed by atoms with Crippen LogP contribution in [0.15, 0.2) is 15.1 Å². The molecule has 2 heterocycles. The Morgan fingerprint density at radius 2 is 2.12 bits per heavy atom. The van der Waals surface area contributed by atoms with Gasteiger partial charge in [0.1, 0.15) is 4.60 Å². The molecule has 1 amide bonds. The number of carbonyl (C=O) groups excluding carboxylic acids is 1. The number of carbonyl (C=O) groups is 1. The summed E-state index contributed by atoms with van der Waals surface area (Å²) in [6.45, 7) is 0.620. The fraction of sp³-hybridized carbons (Fsp3) is 0.500. The third kappa shape index (κ3) is 4.25. The summed E-state index contributed by atoms with van der Waals surface area (Å²) in [5, 5.41) is 12.8. The average Bonchev–Trinajstić information content (AvgIpc) is 3.20. The Bertz CT molecular complexity index is 782. The summed E-state index contributed by atoms with van der Waals surface area (Å²) in [4.78, 5) is 12.0. The maximum atomic E-state index is 12.8. The lowest BCUT2D eigenvalue weighted by molar-refractivity contribution is -0.141. The van der Waals surface area contributed by atoms with Crippen LogP contribution in [0.4, 0.5) is 13.2 Å². The largest absolute Gasteiger partial charge is 0.435 e. The minimum Gasteiger partial charge on any atom is -0.351 e. The fourth-order valence-corrected chi connectivity index (χ4v) is 3.06. The summed E-state index contributed by atoms with van der Waals surface area (Å²) in [6.07, 6.45) is -2.19. The van der Waals surface area contributed by atoms with Crippen LogP contribution in [0.25, 0.3) is 0 Å². The number of aromatic amines is 1. The van der Waals surface area contributed by atoms with Crippen LogP contribution < -0.4 is 5.32 Å². The van der Waals surface area contributed by atoms with Crippen molar-refractivity contribution >= 4 is 37.8 Å². The van der Waals surface area contributed by atoms with E-state index < -0.39 is 11.9 Å². The second-order valence-corrected chi connectivity index (χ2v) is 7.35. The zero-order valence-corrected chi connectivity index (χ0v) is 16.0. The molecule has 2 N–H and O–H groups in total. The lowest BCUT2D eigenvalue weighted by Gasteiger charge is -2.07. The van der Waals surface area contributed by atoms with E-state index in [4.69, 9.17) is 0 Å². The van der Waals surface area contributed by atoms with Crippen LogP contribution in [0.3, 0.4) is 0 Å². The molecular weight excluding hydrogens is 471 g/mol. The number of alkyl halides is 3. The third-order valence-electron chi connectivity index (χ3n) is 3.81. The standard InChI is InChI=1S/C14H14Br2F3N5O/c15-10-11(21-22-12(10)16)13(25)20-4-1-5-24-8(7-2-3-7)6-9(23-24)14(17,18)19/h6-7H,1-5H2,(H,20,25)(H,21,22). The first-order chi connectivity index (χ1) is 11.8. The number of nitrogens with one attached hydrogen (secondary N) is 2. The van der Waals surface area contributed by atoms with Crippen molar-refractivity contribution < 1.29 is 18.0 Å². The SMILES string of the molecule is O=C(NCCCn1nc(C(F)(F)F)cc1C1CC1)c1n[nH]c(Br)c1Br. The van der Waals surface area contributed by atoms with Gasteiger partial charge in [0.05, 0.1) is 4.47 Å². The molecule has 0 spiro atoms. The Hall–Kier alpha value is -1.36. The van der Waals surface area contributed by atoms with Gasteiger partial charge in [0.15, 0.2) is 11.4 Å². The van der Waals surface area contributed by atoms with Gasteiger partial charge in [-0.05, 0) is 57.2 Å². The highest BCUT2D eigenvalue weighted by Crippen LogP contribution is 2.42. The molecule has 3 rings (SSSR count). The smallest absolute Gasteiger partial charge is 0.351 e. The van der Waals surface area contributed by atoms with Crippen molar-refractivity contribution in [2.45, 2.75) is 37.9 Å². The van der Waals surface area contributed by atoms with Crippen molar-refractivity contribution in [2.75, 3.05) is 6.54 Å². The quantitative estimate of drug-likeness (QED) is 0.611. The molecule has 0 bridgehead atoms. The van der Waals surface area contributed by atoms with Crippen molar-refractivity contribution in [3.05, 3.63) is 32.2 Å². The van der Waals surface area contributed by atoms with Crippen molar-refractivity contribution in [3.8, 4) is 0 Å². The Labute approximate surface area is 157 Å². The van der Waals surface area contributed by atoms with Crippen molar-refractivity contribution in [1.29, 1.82) is 0 Å². The Kier molecular flexibility index (Phi) is 5.24. The van der Waals surface area contributed by atoms with Gasteiger partial charge in [0.2, 0.25) is 0 Å². The van der Waals surface area contributed by atoms with Crippen LogP contribution in [0.2, 0.25) is 0 Å². The molecule has 0 atom stereocenters. The van der Waals surface area contributed by atoms with Gasteiger partial charge < -0.3 is 5.32 Å². The molecule has 0 unspecified atom stereocenters. The molecule has 2 aromatic rings. The van der Waals surface area contributed by atoms with E-state index in [0.29, 0.717) is 34.3 Å². The summed E-state index contributed by atoms with van der Waals surface area (Å²) in [5.74, 6) is -0.205. The highest BCUT2D eigenvalue weighted by atomic mass is 79.9. The summed E-state index contributed by atoms with van der Waals surface area (Å²) in [5.41, 5.74) is -0.0228. The molecule has 2 aromatic heterocycles. The van der Waals surface area contributed by atoms with Gasteiger partial charge in [-0.1, -0.05) is 0 Å². The number of nitrogens with zero attached hydrogens (tertiary/aromatic N) is 3. The normalized spacial score (nSPS) is 14.8. The van der Waals surface area contributed by atoms with Gasteiger partial charge >= 0.3 is 6.18 Å². The van der Waals surface area contributed by atoms with Gasteiger partial charge in [0, 0.05) is 24.7 Å². The molecule has 1 fully saturated rings. The number of hydrogen-bond donors (Lipinski definition) is 2.